The highest BCUT2D eigenvalue weighted by atomic mass is 16.4. The highest BCUT2D eigenvalue weighted by molar-refractivity contribution is 5.87. The number of carboxylic acids is 1. The van der Waals surface area contributed by atoms with Crippen LogP contribution in [0.4, 0.5) is 0 Å². The topological polar surface area (TPSA) is 121 Å². The van der Waals surface area contributed by atoms with E-state index >= 15 is 0 Å². The molecule has 0 bridgehead atoms. The summed E-state index contributed by atoms with van der Waals surface area (Å²) in [7, 11) is 0. The summed E-state index contributed by atoms with van der Waals surface area (Å²) < 4.78 is 0. The Hall–Kier alpha value is -2.67. The number of hydrogen-bond donors (Lipinski definition) is 4. The first-order chi connectivity index (χ1) is 11.0. The normalized spacial score (nSPS) is 13.3. The molecule has 0 radical (unpaired) electrons. The Balaban J connectivity index is 1.96. The zero-order valence-corrected chi connectivity index (χ0v) is 12.8. The third-order valence-corrected chi connectivity index (χ3v) is 3.51. The highest BCUT2D eigenvalue weighted by Crippen LogP contribution is 2.07. The number of benzene rings is 1. The lowest BCUT2D eigenvalue weighted by Gasteiger charge is -2.17. The predicted octanol–water partition coefficient (Wildman–Crippen LogP) is 0.400. The van der Waals surface area contributed by atoms with Gasteiger partial charge in [-0.1, -0.05) is 29.8 Å². The molecule has 2 rings (SSSR count). The van der Waals surface area contributed by atoms with E-state index in [1.54, 1.807) is 6.20 Å². The minimum atomic E-state index is -1.09. The molecule has 1 heterocycles. The van der Waals surface area contributed by atoms with Crippen LogP contribution in [0.15, 0.2) is 36.8 Å². The maximum absolute atomic E-state index is 12.1. The maximum atomic E-state index is 12.1. The quantitative estimate of drug-likeness (QED) is 0.589. The number of aromatic amines is 1. The van der Waals surface area contributed by atoms with E-state index in [9.17, 15) is 14.7 Å². The summed E-state index contributed by atoms with van der Waals surface area (Å²) in [5.74, 6) is -1.59. The summed E-state index contributed by atoms with van der Waals surface area (Å²) >= 11 is 0. The van der Waals surface area contributed by atoms with Gasteiger partial charge < -0.3 is 21.1 Å². The molecule has 2 aromatic rings. The second kappa shape index (κ2) is 7.55. The van der Waals surface area contributed by atoms with Crippen LogP contribution in [0.2, 0.25) is 0 Å². The van der Waals surface area contributed by atoms with E-state index in [1.807, 2.05) is 31.2 Å². The van der Waals surface area contributed by atoms with Crippen LogP contribution in [0.3, 0.4) is 0 Å². The summed E-state index contributed by atoms with van der Waals surface area (Å²) in [5.41, 5.74) is 8.47. The minimum Gasteiger partial charge on any atom is -0.480 e. The molecule has 122 valence electrons. The molecule has 0 aliphatic heterocycles. The zero-order chi connectivity index (χ0) is 16.8. The molecule has 1 aromatic heterocycles. The Kier molecular flexibility index (Phi) is 5.48. The van der Waals surface area contributed by atoms with E-state index < -0.39 is 24.0 Å². The van der Waals surface area contributed by atoms with Gasteiger partial charge in [0.05, 0.1) is 12.4 Å². The van der Waals surface area contributed by atoms with Gasteiger partial charge in [-0.15, -0.1) is 0 Å². The Bertz CT molecular complexity index is 652. The SMILES string of the molecule is Cc1ccc(C[C@H](NC(=O)[C@@H](N)Cc2cnc[nH]2)C(=O)O)cc1. The molecule has 0 unspecified atom stereocenters. The number of aromatic nitrogens is 2. The number of carbonyl (C=O) groups is 2. The number of rotatable bonds is 7. The van der Waals surface area contributed by atoms with Crippen molar-refractivity contribution in [3.8, 4) is 0 Å². The number of imidazole rings is 1. The van der Waals surface area contributed by atoms with Crippen molar-refractivity contribution in [3.05, 3.63) is 53.6 Å². The van der Waals surface area contributed by atoms with Crippen LogP contribution in [0.1, 0.15) is 16.8 Å². The van der Waals surface area contributed by atoms with Crippen LogP contribution >= 0.6 is 0 Å². The zero-order valence-electron chi connectivity index (χ0n) is 12.8. The molecule has 0 aliphatic carbocycles. The van der Waals surface area contributed by atoms with Crippen LogP contribution in [-0.2, 0) is 22.4 Å². The fraction of sp³-hybridized carbons (Fsp3) is 0.312. The first-order valence-electron chi connectivity index (χ1n) is 7.27. The third-order valence-electron chi connectivity index (χ3n) is 3.51. The van der Waals surface area contributed by atoms with Crippen LogP contribution in [-0.4, -0.2) is 39.0 Å². The van der Waals surface area contributed by atoms with E-state index in [0.717, 1.165) is 16.8 Å². The third kappa shape index (κ3) is 4.93. The molecule has 1 amide bonds. The molecule has 23 heavy (non-hydrogen) atoms. The van der Waals surface area contributed by atoms with Crippen molar-refractivity contribution in [2.75, 3.05) is 0 Å². The molecule has 7 heteroatoms. The Morgan fingerprint density at radius 3 is 2.57 bits per heavy atom. The fourth-order valence-electron chi connectivity index (χ4n) is 2.16. The number of carbonyl (C=O) groups excluding carboxylic acids is 1. The van der Waals surface area contributed by atoms with Gasteiger partial charge in [-0.2, -0.15) is 0 Å². The number of nitrogens with one attached hydrogen (secondary N) is 2. The van der Waals surface area contributed by atoms with Gasteiger partial charge in [-0.3, -0.25) is 4.79 Å². The Morgan fingerprint density at radius 1 is 1.30 bits per heavy atom. The smallest absolute Gasteiger partial charge is 0.326 e. The largest absolute Gasteiger partial charge is 0.480 e. The van der Waals surface area contributed by atoms with Crippen molar-refractivity contribution >= 4 is 11.9 Å². The summed E-state index contributed by atoms with van der Waals surface area (Å²) in [6.07, 6.45) is 3.55. The second-order valence-electron chi connectivity index (χ2n) is 5.48. The van der Waals surface area contributed by atoms with Crippen LogP contribution in [0, 0.1) is 6.92 Å². The lowest BCUT2D eigenvalue weighted by atomic mass is 10.0. The van der Waals surface area contributed by atoms with Gasteiger partial charge in [0.1, 0.15) is 6.04 Å². The number of aliphatic carboxylic acids is 1. The van der Waals surface area contributed by atoms with Gasteiger partial charge in [0, 0.05) is 24.7 Å². The highest BCUT2D eigenvalue weighted by Gasteiger charge is 2.24. The van der Waals surface area contributed by atoms with Crippen molar-refractivity contribution in [3.63, 3.8) is 0 Å². The molecule has 5 N–H and O–H groups in total. The molecule has 7 nitrogen and oxygen atoms in total. The number of amides is 1. The number of nitrogens with zero attached hydrogens (tertiary/aromatic N) is 1. The molecule has 1 aromatic carbocycles. The number of nitrogens with two attached hydrogens (primary N) is 1. The van der Waals surface area contributed by atoms with E-state index in [0.29, 0.717) is 0 Å². The number of hydrogen-bond acceptors (Lipinski definition) is 4. The second-order valence-corrected chi connectivity index (χ2v) is 5.48. The van der Waals surface area contributed by atoms with E-state index in [1.165, 1.54) is 6.33 Å². The molecule has 0 fully saturated rings. The van der Waals surface area contributed by atoms with Crippen molar-refractivity contribution in [2.45, 2.75) is 31.8 Å². The van der Waals surface area contributed by atoms with Gasteiger partial charge in [0.15, 0.2) is 0 Å². The molecule has 2 atom stereocenters. The predicted molar refractivity (Wildman–Crippen MR) is 84.7 cm³/mol. The summed E-state index contributed by atoms with van der Waals surface area (Å²) in [5, 5.41) is 11.8. The van der Waals surface area contributed by atoms with Gasteiger partial charge in [0.25, 0.3) is 0 Å². The van der Waals surface area contributed by atoms with Crippen molar-refractivity contribution in [1.82, 2.24) is 15.3 Å². The maximum Gasteiger partial charge on any atom is 0.326 e. The van der Waals surface area contributed by atoms with Gasteiger partial charge >= 0.3 is 5.97 Å². The number of aryl methyl sites for hydroxylation is 1. The van der Waals surface area contributed by atoms with Crippen molar-refractivity contribution in [2.24, 2.45) is 5.73 Å². The monoisotopic (exact) mass is 316 g/mol. The van der Waals surface area contributed by atoms with Gasteiger partial charge in [-0.05, 0) is 12.5 Å². The summed E-state index contributed by atoms with van der Waals surface area (Å²) in [6.45, 7) is 1.95. The standard InChI is InChI=1S/C16H20N4O3/c1-10-2-4-11(5-3-10)6-14(16(22)23)20-15(21)13(17)7-12-8-18-9-19-12/h2-5,8-9,13-14H,6-7,17H2,1H3,(H,18,19)(H,20,21)(H,22,23)/t13-,14-/m0/s1. The molecule has 0 saturated heterocycles. The van der Waals surface area contributed by atoms with Crippen molar-refractivity contribution in [1.29, 1.82) is 0 Å². The lowest BCUT2D eigenvalue weighted by Crippen LogP contribution is -2.50. The van der Waals surface area contributed by atoms with E-state index in [2.05, 4.69) is 15.3 Å². The van der Waals surface area contributed by atoms with E-state index in [4.69, 9.17) is 5.73 Å². The van der Waals surface area contributed by atoms with Gasteiger partial charge in [-0.25, -0.2) is 9.78 Å². The average Bonchev–Trinajstić information content (AvgIpc) is 3.01. The number of H-pyrrole nitrogens is 1. The molecular weight excluding hydrogens is 296 g/mol. The Labute approximate surface area is 133 Å². The lowest BCUT2D eigenvalue weighted by molar-refractivity contribution is -0.141. The van der Waals surface area contributed by atoms with Crippen LogP contribution < -0.4 is 11.1 Å². The summed E-state index contributed by atoms with van der Waals surface area (Å²) in [4.78, 5) is 30.2. The fourth-order valence-corrected chi connectivity index (χ4v) is 2.16. The minimum absolute atomic E-state index is 0.206. The molecule has 0 aliphatic rings. The molecule has 0 spiro atoms. The van der Waals surface area contributed by atoms with Crippen molar-refractivity contribution < 1.29 is 14.7 Å². The number of carboxylic acid groups (broad SMARTS) is 1. The summed E-state index contributed by atoms with van der Waals surface area (Å²) in [6, 6.07) is 5.65. The average molecular weight is 316 g/mol. The first kappa shape index (κ1) is 16.7. The van der Waals surface area contributed by atoms with Crippen LogP contribution in [0.25, 0.3) is 0 Å². The Morgan fingerprint density at radius 2 is 2.00 bits per heavy atom. The first-order valence-corrected chi connectivity index (χ1v) is 7.27. The van der Waals surface area contributed by atoms with Gasteiger partial charge in [0.2, 0.25) is 5.91 Å². The van der Waals surface area contributed by atoms with Crippen LogP contribution in [0.5, 0.6) is 0 Å². The van der Waals surface area contributed by atoms with E-state index in [-0.39, 0.29) is 12.8 Å². The molecular formula is C16H20N4O3. The molecule has 0 saturated carbocycles.